The highest BCUT2D eigenvalue weighted by Crippen LogP contribution is 2.33. The number of para-hydroxylation sites is 1. The van der Waals surface area contributed by atoms with Crippen LogP contribution in [0, 0.1) is 0 Å². The van der Waals surface area contributed by atoms with Gasteiger partial charge in [-0.15, -0.1) is 22.7 Å². The third-order valence-electron chi connectivity index (χ3n) is 5.48. The number of thiophene rings is 2. The molecule has 1 aromatic carbocycles. The molecule has 0 radical (unpaired) electrons. The van der Waals surface area contributed by atoms with Crippen molar-refractivity contribution < 1.29 is 4.79 Å². The quantitative estimate of drug-likeness (QED) is 0.448. The van der Waals surface area contributed by atoms with Crippen LogP contribution < -0.4 is 10.5 Å². The Morgan fingerprint density at radius 2 is 1.87 bits per heavy atom. The number of halogens is 1. The number of aromatic nitrogens is 2. The molecule has 4 heterocycles. The van der Waals surface area contributed by atoms with Crippen LogP contribution in [0.4, 0.5) is 5.69 Å². The Balaban J connectivity index is 1.32. The number of carbonyl (C=O) groups excluding carboxylic acids is 1. The Hall–Kier alpha value is -2.68. The molecule has 0 spiro atoms. The van der Waals surface area contributed by atoms with Crippen molar-refractivity contribution in [3.63, 3.8) is 0 Å². The first-order valence-corrected chi connectivity index (χ1v) is 12.0. The highest BCUT2D eigenvalue weighted by molar-refractivity contribution is 7.18. The second-order valence-electron chi connectivity index (χ2n) is 7.30. The number of hydrogen-bond donors (Lipinski definition) is 0. The first kappa shape index (κ1) is 20.2. The molecule has 5 rings (SSSR count). The van der Waals surface area contributed by atoms with Gasteiger partial charge in [0.25, 0.3) is 5.56 Å². The molecule has 0 bridgehead atoms. The maximum atomic E-state index is 13.1. The standard InChI is InChI=1S/C22H19ClN4O2S2/c23-16-4-1-2-5-17(16)25-7-9-26(10-8-25)19(28)12-27-14-24-21-20(22(27)29)15(13-31-21)18-6-3-11-30-18/h1-6,11,13-14H,7-10,12H2. The van der Waals surface area contributed by atoms with Crippen LogP contribution in [0.3, 0.4) is 0 Å². The maximum Gasteiger partial charge on any atom is 0.263 e. The lowest BCUT2D eigenvalue weighted by atomic mass is 10.2. The SMILES string of the molecule is O=C(Cn1cnc2scc(-c3cccs3)c2c1=O)N1CCN(c2ccccc2Cl)CC1. The van der Waals surface area contributed by atoms with Gasteiger partial charge in [0.2, 0.25) is 5.91 Å². The Morgan fingerprint density at radius 1 is 1.06 bits per heavy atom. The number of anilines is 1. The van der Waals surface area contributed by atoms with E-state index in [1.165, 1.54) is 22.2 Å². The molecule has 4 aromatic rings. The summed E-state index contributed by atoms with van der Waals surface area (Å²) in [5, 5.41) is 5.25. The molecule has 6 nitrogen and oxygen atoms in total. The van der Waals surface area contributed by atoms with Gasteiger partial charge < -0.3 is 9.80 Å². The van der Waals surface area contributed by atoms with Gasteiger partial charge in [-0.1, -0.05) is 29.8 Å². The largest absolute Gasteiger partial charge is 0.367 e. The van der Waals surface area contributed by atoms with Crippen molar-refractivity contribution in [1.82, 2.24) is 14.5 Å². The average Bonchev–Trinajstić information content (AvgIpc) is 3.46. The summed E-state index contributed by atoms with van der Waals surface area (Å²) in [5.74, 6) is -0.0741. The van der Waals surface area contributed by atoms with E-state index in [0.29, 0.717) is 41.4 Å². The predicted molar refractivity (Wildman–Crippen MR) is 127 cm³/mol. The zero-order valence-corrected chi connectivity index (χ0v) is 18.9. The van der Waals surface area contributed by atoms with Crippen molar-refractivity contribution >= 4 is 56.1 Å². The average molecular weight is 471 g/mol. The van der Waals surface area contributed by atoms with E-state index in [0.717, 1.165) is 16.1 Å². The van der Waals surface area contributed by atoms with Crippen molar-refractivity contribution in [1.29, 1.82) is 0 Å². The zero-order valence-electron chi connectivity index (χ0n) is 16.5. The van der Waals surface area contributed by atoms with E-state index in [4.69, 9.17) is 11.6 Å². The molecule has 9 heteroatoms. The van der Waals surface area contributed by atoms with Crippen molar-refractivity contribution in [2.24, 2.45) is 0 Å². The lowest BCUT2D eigenvalue weighted by Gasteiger charge is -2.36. The van der Waals surface area contributed by atoms with Crippen LogP contribution in [0.2, 0.25) is 5.02 Å². The fourth-order valence-corrected chi connectivity index (χ4v) is 5.82. The topological polar surface area (TPSA) is 58.4 Å². The molecule has 1 fully saturated rings. The molecular formula is C22H19ClN4O2S2. The summed E-state index contributed by atoms with van der Waals surface area (Å²) in [6, 6.07) is 11.7. The van der Waals surface area contributed by atoms with Crippen LogP contribution in [0.25, 0.3) is 20.7 Å². The van der Waals surface area contributed by atoms with Crippen LogP contribution >= 0.6 is 34.3 Å². The first-order chi connectivity index (χ1) is 15.1. The van der Waals surface area contributed by atoms with Crippen molar-refractivity contribution in [3.05, 3.63) is 68.9 Å². The minimum absolute atomic E-state index is 0.00636. The molecule has 158 valence electrons. The second-order valence-corrected chi connectivity index (χ2v) is 9.52. The van der Waals surface area contributed by atoms with Crippen LogP contribution in [0.15, 0.2) is 58.3 Å². The number of nitrogens with zero attached hydrogens (tertiary/aromatic N) is 4. The predicted octanol–water partition coefficient (Wildman–Crippen LogP) is 4.19. The monoisotopic (exact) mass is 470 g/mol. The number of hydrogen-bond acceptors (Lipinski definition) is 6. The molecule has 1 aliphatic rings. The van der Waals surface area contributed by atoms with E-state index in [-0.39, 0.29) is 18.0 Å². The van der Waals surface area contributed by atoms with E-state index in [9.17, 15) is 9.59 Å². The van der Waals surface area contributed by atoms with Crippen molar-refractivity contribution in [2.45, 2.75) is 6.54 Å². The van der Waals surface area contributed by atoms with Gasteiger partial charge in [-0.3, -0.25) is 14.2 Å². The molecule has 1 saturated heterocycles. The van der Waals surface area contributed by atoms with Gasteiger partial charge in [-0.05, 0) is 23.6 Å². The lowest BCUT2D eigenvalue weighted by molar-refractivity contribution is -0.132. The maximum absolute atomic E-state index is 13.1. The normalized spacial score (nSPS) is 14.4. The summed E-state index contributed by atoms with van der Waals surface area (Å²) in [4.78, 5) is 36.2. The van der Waals surface area contributed by atoms with Gasteiger partial charge in [0.1, 0.15) is 11.4 Å². The molecule has 0 aliphatic carbocycles. The van der Waals surface area contributed by atoms with E-state index in [1.54, 1.807) is 16.2 Å². The number of piperazine rings is 1. The van der Waals surface area contributed by atoms with Gasteiger partial charge in [-0.25, -0.2) is 4.98 Å². The van der Waals surface area contributed by atoms with Crippen LogP contribution in [0.5, 0.6) is 0 Å². The molecule has 0 atom stereocenters. The number of benzene rings is 1. The molecule has 0 unspecified atom stereocenters. The number of fused-ring (bicyclic) bond motifs is 1. The third kappa shape index (κ3) is 3.86. The molecule has 1 amide bonds. The minimum Gasteiger partial charge on any atom is -0.367 e. The fourth-order valence-electron chi connectivity index (χ4n) is 3.84. The fraction of sp³-hybridized carbons (Fsp3) is 0.227. The Kier molecular flexibility index (Phi) is 5.52. The summed E-state index contributed by atoms with van der Waals surface area (Å²) in [6.07, 6.45) is 1.48. The Bertz CT molecular complexity index is 1290. The molecule has 0 N–H and O–H groups in total. The summed E-state index contributed by atoms with van der Waals surface area (Å²) in [6.45, 7) is 2.58. The van der Waals surface area contributed by atoms with E-state index in [2.05, 4.69) is 9.88 Å². The van der Waals surface area contributed by atoms with Gasteiger partial charge in [-0.2, -0.15) is 0 Å². The van der Waals surface area contributed by atoms with Crippen LogP contribution in [0.1, 0.15) is 0 Å². The molecular weight excluding hydrogens is 452 g/mol. The zero-order chi connectivity index (χ0) is 21.4. The smallest absolute Gasteiger partial charge is 0.263 e. The molecule has 1 aliphatic heterocycles. The highest BCUT2D eigenvalue weighted by Gasteiger charge is 2.23. The highest BCUT2D eigenvalue weighted by atomic mass is 35.5. The van der Waals surface area contributed by atoms with Gasteiger partial charge in [0, 0.05) is 42.0 Å². The lowest BCUT2D eigenvalue weighted by Crippen LogP contribution is -2.50. The van der Waals surface area contributed by atoms with E-state index >= 15 is 0 Å². The first-order valence-electron chi connectivity index (χ1n) is 9.89. The summed E-state index contributed by atoms with van der Waals surface area (Å²) in [7, 11) is 0. The Labute approximate surface area is 191 Å². The van der Waals surface area contributed by atoms with Crippen molar-refractivity contribution in [2.75, 3.05) is 31.1 Å². The number of amides is 1. The summed E-state index contributed by atoms with van der Waals surface area (Å²) in [5.41, 5.74) is 1.71. The van der Waals surface area contributed by atoms with Gasteiger partial charge >= 0.3 is 0 Å². The third-order valence-corrected chi connectivity index (χ3v) is 7.59. The number of carbonyl (C=O) groups is 1. The minimum atomic E-state index is -0.169. The second kappa shape index (κ2) is 8.45. The van der Waals surface area contributed by atoms with E-state index in [1.807, 2.05) is 47.2 Å². The van der Waals surface area contributed by atoms with Crippen molar-refractivity contribution in [3.8, 4) is 10.4 Å². The molecule has 31 heavy (non-hydrogen) atoms. The van der Waals surface area contributed by atoms with Gasteiger partial charge in [0.05, 0.1) is 22.4 Å². The summed E-state index contributed by atoms with van der Waals surface area (Å²) < 4.78 is 1.43. The summed E-state index contributed by atoms with van der Waals surface area (Å²) >= 11 is 9.34. The van der Waals surface area contributed by atoms with Gasteiger partial charge in [0.15, 0.2) is 0 Å². The molecule has 3 aromatic heterocycles. The van der Waals surface area contributed by atoms with Crippen LogP contribution in [-0.2, 0) is 11.3 Å². The van der Waals surface area contributed by atoms with E-state index < -0.39 is 0 Å². The molecule has 0 saturated carbocycles. The Morgan fingerprint density at radius 3 is 2.61 bits per heavy atom. The van der Waals surface area contributed by atoms with Crippen LogP contribution in [-0.4, -0.2) is 46.5 Å². The number of rotatable bonds is 4.